The first kappa shape index (κ1) is 18.5. The first-order valence-electron chi connectivity index (χ1n) is 8.97. The van der Waals surface area contributed by atoms with Crippen LogP contribution in [0.25, 0.3) is 27.8 Å². The quantitative estimate of drug-likeness (QED) is 0.346. The van der Waals surface area contributed by atoms with Gasteiger partial charge in [0.05, 0.1) is 10.8 Å². The lowest BCUT2D eigenvalue weighted by Crippen LogP contribution is -2.17. The lowest BCUT2D eigenvalue weighted by atomic mass is 9.83. The van der Waals surface area contributed by atoms with E-state index < -0.39 is 9.04 Å². The summed E-state index contributed by atoms with van der Waals surface area (Å²) in [6.07, 6.45) is 1.73. The topological polar surface area (TPSA) is 39.4 Å². The summed E-state index contributed by atoms with van der Waals surface area (Å²) < 4.78 is 12.1. The third-order valence-electron chi connectivity index (χ3n) is 4.63. The number of hydrogen-bond acceptors (Lipinski definition) is 3. The van der Waals surface area contributed by atoms with Crippen molar-refractivity contribution >= 4 is 36.9 Å². The van der Waals surface area contributed by atoms with Crippen LogP contribution in [0.3, 0.4) is 0 Å². The molecule has 0 saturated heterocycles. The number of benzene rings is 2. The molecular formula is C22H26O3Si. The van der Waals surface area contributed by atoms with Gasteiger partial charge in [-0.25, -0.2) is 4.79 Å². The monoisotopic (exact) mass is 366 g/mol. The smallest absolute Gasteiger partial charge is 0.344 e. The van der Waals surface area contributed by atoms with E-state index in [9.17, 15) is 4.79 Å². The average Bonchev–Trinajstić information content (AvgIpc) is 2.55. The molecule has 0 saturated carbocycles. The first-order chi connectivity index (χ1) is 12.1. The van der Waals surface area contributed by atoms with Crippen LogP contribution in [-0.2, 0) is 5.41 Å². The Hall–Kier alpha value is -2.33. The van der Waals surface area contributed by atoms with E-state index in [2.05, 4.69) is 46.5 Å². The van der Waals surface area contributed by atoms with Crippen LogP contribution in [0.2, 0.25) is 13.1 Å². The summed E-state index contributed by atoms with van der Waals surface area (Å²) in [5, 5.41) is 2.32. The highest BCUT2D eigenvalue weighted by molar-refractivity contribution is 6.49. The van der Waals surface area contributed by atoms with Crippen LogP contribution in [0, 0.1) is 6.92 Å². The molecule has 0 atom stereocenters. The molecule has 3 nitrogen and oxygen atoms in total. The number of fused-ring (bicyclic) bond motifs is 3. The summed E-state index contributed by atoms with van der Waals surface area (Å²) in [7, 11) is -1.34. The SMILES string of the molecule is C=Cc1ccc2c(c1)c(=O)oc1c(C)c(C(C)(C)C)cc(O[SiH](C)C)c12. The van der Waals surface area contributed by atoms with E-state index in [0.717, 1.165) is 33.2 Å². The van der Waals surface area contributed by atoms with Gasteiger partial charge in [0.15, 0.2) is 0 Å². The Labute approximate surface area is 156 Å². The van der Waals surface area contributed by atoms with Gasteiger partial charge in [0.2, 0.25) is 9.04 Å². The van der Waals surface area contributed by atoms with Gasteiger partial charge in [-0.2, -0.15) is 0 Å². The van der Waals surface area contributed by atoms with Gasteiger partial charge in [0, 0.05) is 5.39 Å². The van der Waals surface area contributed by atoms with E-state index in [0.29, 0.717) is 11.0 Å². The predicted octanol–water partition coefficient (Wildman–Crippen LogP) is 5.56. The van der Waals surface area contributed by atoms with Crippen molar-refractivity contribution < 1.29 is 8.84 Å². The van der Waals surface area contributed by atoms with Crippen LogP contribution < -0.4 is 10.1 Å². The van der Waals surface area contributed by atoms with E-state index in [1.54, 1.807) is 6.08 Å². The van der Waals surface area contributed by atoms with E-state index in [4.69, 9.17) is 8.84 Å². The van der Waals surface area contributed by atoms with Crippen molar-refractivity contribution in [2.75, 3.05) is 0 Å². The molecule has 0 aliphatic heterocycles. The Morgan fingerprint density at radius 1 is 1.15 bits per heavy atom. The molecule has 0 amide bonds. The summed E-state index contributed by atoms with van der Waals surface area (Å²) in [6, 6.07) is 7.90. The summed E-state index contributed by atoms with van der Waals surface area (Å²) in [6.45, 7) is 16.6. The number of hydrogen-bond donors (Lipinski definition) is 0. The van der Waals surface area contributed by atoms with Gasteiger partial charge in [-0.3, -0.25) is 0 Å². The molecule has 0 radical (unpaired) electrons. The molecule has 0 spiro atoms. The molecule has 4 heteroatoms. The maximum Gasteiger partial charge on any atom is 0.344 e. The highest BCUT2D eigenvalue weighted by Gasteiger charge is 2.24. The summed E-state index contributed by atoms with van der Waals surface area (Å²) in [4.78, 5) is 12.7. The van der Waals surface area contributed by atoms with Gasteiger partial charge in [-0.1, -0.05) is 45.6 Å². The number of rotatable bonds is 3. The van der Waals surface area contributed by atoms with Crippen molar-refractivity contribution in [1.82, 2.24) is 0 Å². The minimum absolute atomic E-state index is 0.0743. The Bertz CT molecular complexity index is 1070. The standard InChI is InChI=1S/C22H26O3Si/c1-8-14-9-10-15-16(11-14)21(23)24-20-13(2)17(22(3,4)5)12-18(19(15)20)25-26(6)7/h8-12,26H,1H2,2-7H3. The Balaban J connectivity index is 2.54. The van der Waals surface area contributed by atoms with E-state index >= 15 is 0 Å². The third-order valence-corrected chi connectivity index (χ3v) is 5.35. The fourth-order valence-corrected chi connectivity index (χ4v) is 4.16. The largest absolute Gasteiger partial charge is 0.546 e. The van der Waals surface area contributed by atoms with Crippen LogP contribution in [-0.4, -0.2) is 9.04 Å². The molecule has 0 N–H and O–H groups in total. The molecule has 2 aromatic carbocycles. The zero-order valence-corrected chi connectivity index (χ0v) is 17.6. The lowest BCUT2D eigenvalue weighted by Gasteiger charge is -2.25. The highest BCUT2D eigenvalue weighted by atomic mass is 28.3. The van der Waals surface area contributed by atoms with Gasteiger partial charge in [-0.05, 0) is 54.3 Å². The molecule has 26 heavy (non-hydrogen) atoms. The lowest BCUT2D eigenvalue weighted by molar-refractivity contribution is 0.542. The molecule has 0 bridgehead atoms. The molecule has 3 rings (SSSR count). The second-order valence-electron chi connectivity index (χ2n) is 8.07. The molecular weight excluding hydrogens is 340 g/mol. The molecule has 1 heterocycles. The number of aryl methyl sites for hydroxylation is 1. The van der Waals surface area contributed by atoms with Crippen molar-refractivity contribution in [1.29, 1.82) is 0 Å². The summed E-state index contributed by atoms with van der Waals surface area (Å²) in [5.41, 5.74) is 3.27. The minimum atomic E-state index is -1.34. The maximum absolute atomic E-state index is 12.7. The summed E-state index contributed by atoms with van der Waals surface area (Å²) in [5.74, 6) is 0.817. The second kappa shape index (κ2) is 6.43. The van der Waals surface area contributed by atoms with Crippen LogP contribution in [0.15, 0.2) is 40.1 Å². The molecule has 0 unspecified atom stereocenters. The normalized spacial score (nSPS) is 12.1. The van der Waals surface area contributed by atoms with E-state index in [-0.39, 0.29) is 11.0 Å². The fraction of sp³-hybridized carbons (Fsp3) is 0.318. The maximum atomic E-state index is 12.7. The van der Waals surface area contributed by atoms with E-state index in [1.165, 1.54) is 0 Å². The Kier molecular flexibility index (Phi) is 4.57. The van der Waals surface area contributed by atoms with Crippen LogP contribution in [0.5, 0.6) is 5.75 Å². The third kappa shape index (κ3) is 3.10. The van der Waals surface area contributed by atoms with Crippen molar-refractivity contribution in [2.24, 2.45) is 0 Å². The van der Waals surface area contributed by atoms with Gasteiger partial charge >= 0.3 is 5.63 Å². The van der Waals surface area contributed by atoms with Crippen molar-refractivity contribution in [2.45, 2.75) is 46.2 Å². The van der Waals surface area contributed by atoms with Crippen molar-refractivity contribution in [3.8, 4) is 5.75 Å². The summed E-state index contributed by atoms with van der Waals surface area (Å²) >= 11 is 0. The predicted molar refractivity (Wildman–Crippen MR) is 113 cm³/mol. The molecule has 136 valence electrons. The van der Waals surface area contributed by atoms with Crippen LogP contribution in [0.4, 0.5) is 0 Å². The van der Waals surface area contributed by atoms with Gasteiger partial charge in [0.25, 0.3) is 0 Å². The van der Waals surface area contributed by atoms with Gasteiger partial charge in [-0.15, -0.1) is 0 Å². The van der Waals surface area contributed by atoms with Crippen molar-refractivity contribution in [3.63, 3.8) is 0 Å². The molecule has 0 aliphatic rings. The second-order valence-corrected chi connectivity index (χ2v) is 10.4. The zero-order valence-electron chi connectivity index (χ0n) is 16.4. The van der Waals surface area contributed by atoms with Gasteiger partial charge in [0.1, 0.15) is 11.3 Å². The van der Waals surface area contributed by atoms with E-state index in [1.807, 2.05) is 25.1 Å². The highest BCUT2D eigenvalue weighted by Crippen LogP contribution is 2.39. The molecule has 3 aromatic rings. The Morgan fingerprint density at radius 2 is 1.85 bits per heavy atom. The van der Waals surface area contributed by atoms with Crippen molar-refractivity contribution in [3.05, 3.63) is 58.0 Å². The van der Waals surface area contributed by atoms with Gasteiger partial charge < -0.3 is 8.84 Å². The average molecular weight is 367 g/mol. The van der Waals surface area contributed by atoms with Crippen LogP contribution in [0.1, 0.15) is 37.5 Å². The fourth-order valence-electron chi connectivity index (χ4n) is 3.47. The molecule has 0 fully saturated rings. The first-order valence-corrected chi connectivity index (χ1v) is 11.8. The minimum Gasteiger partial charge on any atom is -0.546 e. The molecule has 1 aromatic heterocycles. The van der Waals surface area contributed by atoms with Crippen LogP contribution >= 0.6 is 0 Å². The zero-order chi connectivity index (χ0) is 19.2. The molecule has 0 aliphatic carbocycles. The Morgan fingerprint density at radius 3 is 2.42 bits per heavy atom.